The minimum atomic E-state index is -3.81. The highest BCUT2D eigenvalue weighted by atomic mass is 35.5. The molecule has 2 N–H and O–H groups in total. The third kappa shape index (κ3) is 5.15. The van der Waals surface area contributed by atoms with Crippen LogP contribution in [-0.2, 0) is 26.0 Å². The summed E-state index contributed by atoms with van der Waals surface area (Å²) in [6.07, 6.45) is 2.39. The van der Waals surface area contributed by atoms with Crippen LogP contribution in [0.25, 0.3) is 0 Å². The number of hydrogen-bond donors (Lipinski definition) is 2. The lowest BCUT2D eigenvalue weighted by Crippen LogP contribution is -2.36. The summed E-state index contributed by atoms with van der Waals surface area (Å²) in [5, 5.41) is 3.12. The maximum Gasteiger partial charge on any atom is 0.240 e. The maximum atomic E-state index is 12.8. The number of nitrogens with one attached hydrogen (secondary N) is 2. The van der Waals surface area contributed by atoms with Crippen LogP contribution < -0.4 is 19.7 Å². The van der Waals surface area contributed by atoms with E-state index in [0.717, 1.165) is 24.1 Å². The Bertz CT molecular complexity index is 1200. The first-order chi connectivity index (χ1) is 15.7. The molecule has 0 spiro atoms. The minimum Gasteiger partial charge on any atom is -0.495 e. The van der Waals surface area contributed by atoms with Crippen molar-refractivity contribution >= 4 is 44.8 Å². The molecule has 1 atom stereocenters. The molecule has 0 unspecified atom stereocenters. The Morgan fingerprint density at radius 3 is 2.64 bits per heavy atom. The van der Waals surface area contributed by atoms with Gasteiger partial charge in [0.25, 0.3) is 0 Å². The van der Waals surface area contributed by atoms with Crippen molar-refractivity contribution in [3.05, 3.63) is 47.0 Å². The van der Waals surface area contributed by atoms with Crippen LogP contribution in [0.1, 0.15) is 31.7 Å². The van der Waals surface area contributed by atoms with Crippen molar-refractivity contribution < 1.29 is 22.7 Å². The third-order valence-electron chi connectivity index (χ3n) is 5.82. The first-order valence-electron chi connectivity index (χ1n) is 10.8. The number of rotatable bonds is 8. The molecule has 1 aliphatic heterocycles. The Labute approximate surface area is 198 Å². The first-order valence-corrected chi connectivity index (χ1v) is 12.6. The highest BCUT2D eigenvalue weighted by molar-refractivity contribution is 7.89. The Morgan fingerprint density at radius 1 is 1.18 bits per heavy atom. The maximum absolute atomic E-state index is 12.8. The highest BCUT2D eigenvalue weighted by Gasteiger charge is 2.39. The van der Waals surface area contributed by atoms with Crippen molar-refractivity contribution in [3.63, 3.8) is 0 Å². The summed E-state index contributed by atoms with van der Waals surface area (Å²) in [5.74, 6) is 0.295. The van der Waals surface area contributed by atoms with Gasteiger partial charge in [-0.25, -0.2) is 13.1 Å². The number of anilines is 2. The fourth-order valence-electron chi connectivity index (χ4n) is 4.01. The van der Waals surface area contributed by atoms with E-state index in [0.29, 0.717) is 22.9 Å². The van der Waals surface area contributed by atoms with E-state index in [1.165, 1.54) is 13.2 Å². The van der Waals surface area contributed by atoms with Gasteiger partial charge < -0.3 is 15.0 Å². The third-order valence-corrected chi connectivity index (χ3v) is 7.51. The van der Waals surface area contributed by atoms with Crippen LogP contribution in [0.4, 0.5) is 11.4 Å². The topological polar surface area (TPSA) is 105 Å². The molecule has 1 heterocycles. The van der Waals surface area contributed by atoms with E-state index in [1.807, 2.05) is 6.92 Å². The molecule has 2 aromatic rings. The van der Waals surface area contributed by atoms with Gasteiger partial charge in [0.15, 0.2) is 0 Å². The second kappa shape index (κ2) is 9.32. The number of carbonyl (C=O) groups is 2. The number of carbonyl (C=O) groups excluding carboxylic acids is 2. The molecule has 2 amide bonds. The molecule has 4 rings (SSSR count). The molecule has 1 aliphatic carbocycles. The van der Waals surface area contributed by atoms with Crippen molar-refractivity contribution in [3.8, 4) is 5.75 Å². The monoisotopic (exact) mass is 491 g/mol. The summed E-state index contributed by atoms with van der Waals surface area (Å²) in [5.41, 5.74) is 2.04. The molecule has 0 radical (unpaired) electrons. The quantitative estimate of drug-likeness (QED) is 0.589. The van der Waals surface area contributed by atoms with E-state index in [1.54, 1.807) is 35.2 Å². The second-order valence-electron chi connectivity index (χ2n) is 8.37. The molecule has 8 nitrogen and oxygen atoms in total. The smallest absolute Gasteiger partial charge is 0.240 e. The van der Waals surface area contributed by atoms with Gasteiger partial charge in [-0.2, -0.15) is 0 Å². The number of fused-ring (bicyclic) bond motifs is 1. The van der Waals surface area contributed by atoms with Crippen molar-refractivity contribution in [2.24, 2.45) is 5.92 Å². The van der Waals surface area contributed by atoms with E-state index in [2.05, 4.69) is 10.0 Å². The minimum absolute atomic E-state index is 0.00573. The summed E-state index contributed by atoms with van der Waals surface area (Å²) in [7, 11) is -2.33. The van der Waals surface area contributed by atoms with Crippen LogP contribution in [0.5, 0.6) is 5.75 Å². The average molecular weight is 492 g/mol. The van der Waals surface area contributed by atoms with Gasteiger partial charge in [-0.15, -0.1) is 0 Å². The average Bonchev–Trinajstić information content (AvgIpc) is 3.55. The number of sulfonamides is 1. The number of nitrogens with zero attached hydrogens (tertiary/aromatic N) is 1. The van der Waals surface area contributed by atoms with Gasteiger partial charge in [0, 0.05) is 35.6 Å². The van der Waals surface area contributed by atoms with E-state index >= 15 is 0 Å². The summed E-state index contributed by atoms with van der Waals surface area (Å²) in [6, 6.07) is 9.66. The van der Waals surface area contributed by atoms with Crippen LogP contribution in [0.3, 0.4) is 0 Å². The SMILES string of the molecule is COc1ccc(Cl)cc1NC(=O)CCNS(=O)(=O)c1ccc2c(c1)C[C@H](C)N2C(=O)C1CC1. The second-order valence-corrected chi connectivity index (χ2v) is 10.6. The highest BCUT2D eigenvalue weighted by Crippen LogP contribution is 2.39. The zero-order valence-electron chi connectivity index (χ0n) is 18.4. The summed E-state index contributed by atoms with van der Waals surface area (Å²) < 4.78 is 33.2. The molecule has 1 fully saturated rings. The Hall–Kier alpha value is -2.62. The lowest BCUT2D eigenvalue weighted by Gasteiger charge is -2.22. The molecule has 0 bridgehead atoms. The zero-order chi connectivity index (χ0) is 23.8. The molecular formula is C23H26ClN3O5S. The number of ether oxygens (including phenoxy) is 1. The fourth-order valence-corrected chi connectivity index (χ4v) is 5.26. The van der Waals surface area contributed by atoms with E-state index in [-0.39, 0.29) is 41.6 Å². The lowest BCUT2D eigenvalue weighted by molar-refractivity contribution is -0.120. The van der Waals surface area contributed by atoms with Crippen LogP contribution >= 0.6 is 11.6 Å². The van der Waals surface area contributed by atoms with Gasteiger partial charge in [-0.1, -0.05) is 11.6 Å². The standard InChI is InChI=1S/C23H26ClN3O5S/c1-14-11-16-12-18(6-7-20(16)27(14)23(29)15-3-4-15)33(30,31)25-10-9-22(28)26-19-13-17(24)5-8-21(19)32-2/h5-8,12-15,25H,3-4,9-11H2,1-2H3,(H,26,28)/t14-/m0/s1. The van der Waals surface area contributed by atoms with Gasteiger partial charge in [0.2, 0.25) is 21.8 Å². The van der Waals surface area contributed by atoms with Gasteiger partial charge in [0.05, 0.1) is 17.7 Å². The van der Waals surface area contributed by atoms with Gasteiger partial charge in [0.1, 0.15) is 5.75 Å². The molecule has 0 aromatic heterocycles. The predicted molar refractivity (Wildman–Crippen MR) is 126 cm³/mol. The van der Waals surface area contributed by atoms with Crippen molar-refractivity contribution in [2.45, 2.75) is 43.5 Å². The molecule has 2 aliphatic rings. The van der Waals surface area contributed by atoms with Crippen molar-refractivity contribution in [1.82, 2.24) is 4.72 Å². The lowest BCUT2D eigenvalue weighted by atomic mass is 10.1. The van der Waals surface area contributed by atoms with Crippen molar-refractivity contribution in [1.29, 1.82) is 0 Å². The van der Waals surface area contributed by atoms with E-state index < -0.39 is 10.0 Å². The predicted octanol–water partition coefficient (Wildman–Crippen LogP) is 3.34. The first kappa shape index (κ1) is 23.5. The van der Waals surface area contributed by atoms with Gasteiger partial charge >= 0.3 is 0 Å². The molecule has 0 saturated heterocycles. The van der Waals surface area contributed by atoms with E-state index in [9.17, 15) is 18.0 Å². The summed E-state index contributed by atoms with van der Waals surface area (Å²) in [4.78, 5) is 26.8. The molecule has 1 saturated carbocycles. The number of amides is 2. The largest absolute Gasteiger partial charge is 0.495 e. The van der Waals surface area contributed by atoms with Crippen LogP contribution in [-0.4, -0.2) is 39.9 Å². The number of halogens is 1. The molecule has 10 heteroatoms. The number of benzene rings is 2. The van der Waals surface area contributed by atoms with Crippen LogP contribution in [0.15, 0.2) is 41.3 Å². The molecule has 176 valence electrons. The number of hydrogen-bond acceptors (Lipinski definition) is 5. The van der Waals surface area contributed by atoms with Gasteiger partial charge in [-0.05, 0) is 68.1 Å². The Morgan fingerprint density at radius 2 is 1.94 bits per heavy atom. The Balaban J connectivity index is 1.38. The van der Waals surface area contributed by atoms with Crippen LogP contribution in [0.2, 0.25) is 5.02 Å². The van der Waals surface area contributed by atoms with Crippen LogP contribution in [0, 0.1) is 5.92 Å². The molecular weight excluding hydrogens is 466 g/mol. The Kier molecular flexibility index (Phi) is 6.65. The number of methoxy groups -OCH3 is 1. The summed E-state index contributed by atoms with van der Waals surface area (Å²) in [6.45, 7) is 1.90. The fraction of sp³-hybridized carbons (Fsp3) is 0.391. The van der Waals surface area contributed by atoms with E-state index in [4.69, 9.17) is 16.3 Å². The van der Waals surface area contributed by atoms with Crippen molar-refractivity contribution in [2.75, 3.05) is 23.9 Å². The normalized spacial score (nSPS) is 17.5. The molecule has 2 aromatic carbocycles. The summed E-state index contributed by atoms with van der Waals surface area (Å²) >= 11 is 5.96. The molecule has 33 heavy (non-hydrogen) atoms. The van der Waals surface area contributed by atoms with Gasteiger partial charge in [-0.3, -0.25) is 9.59 Å². The zero-order valence-corrected chi connectivity index (χ0v) is 20.0.